The lowest BCUT2D eigenvalue weighted by atomic mass is 9.78. The van der Waals surface area contributed by atoms with Crippen molar-refractivity contribution in [1.29, 1.82) is 0 Å². The fraction of sp³-hybridized carbons (Fsp3) is 0.654. The van der Waals surface area contributed by atoms with E-state index < -0.39 is 12.7 Å². The molecule has 1 atom stereocenters. The number of carbonyl (C=O) groups is 1. The smallest absolute Gasteiger partial charge is 0.401 e. The number of aryl methyl sites for hydroxylation is 1. The molecule has 3 aromatic heterocycles. The number of hydrogen-bond donors (Lipinski definition) is 1. The van der Waals surface area contributed by atoms with Gasteiger partial charge in [-0.3, -0.25) is 9.69 Å². The zero-order chi connectivity index (χ0) is 28.0. The minimum atomic E-state index is -4.15. The van der Waals surface area contributed by atoms with Crippen LogP contribution in [-0.2, 0) is 4.79 Å². The van der Waals surface area contributed by atoms with Gasteiger partial charge in [0.05, 0.1) is 6.54 Å². The van der Waals surface area contributed by atoms with Gasteiger partial charge in [0.2, 0.25) is 23.6 Å². The average molecular weight is 562 g/mol. The molecule has 3 aromatic rings. The van der Waals surface area contributed by atoms with Gasteiger partial charge in [-0.25, -0.2) is 0 Å². The number of nitrogen functional groups attached to an aromatic ring is 1. The topological polar surface area (TPSA) is 122 Å². The summed E-state index contributed by atoms with van der Waals surface area (Å²) in [5, 5.41) is 4.37. The van der Waals surface area contributed by atoms with Gasteiger partial charge in [-0.15, -0.1) is 5.10 Å². The molecule has 14 heteroatoms. The number of rotatable bonds is 5. The molecule has 3 fully saturated rings. The van der Waals surface area contributed by atoms with Crippen molar-refractivity contribution < 1.29 is 22.4 Å². The van der Waals surface area contributed by atoms with E-state index in [4.69, 9.17) is 10.2 Å². The summed E-state index contributed by atoms with van der Waals surface area (Å²) in [6.07, 6.45) is 0.730. The molecule has 0 saturated carbocycles. The normalized spacial score (nSPS) is 22.1. The molecule has 3 saturated heterocycles. The largest absolute Gasteiger partial charge is 0.458 e. The van der Waals surface area contributed by atoms with E-state index in [1.807, 2.05) is 22.8 Å². The average Bonchev–Trinajstić information content (AvgIpc) is 3.67. The molecule has 0 spiro atoms. The third-order valence-electron chi connectivity index (χ3n) is 8.53. The summed E-state index contributed by atoms with van der Waals surface area (Å²) in [5.41, 5.74) is 6.21. The molecule has 0 aliphatic carbocycles. The van der Waals surface area contributed by atoms with Crippen LogP contribution in [-0.4, -0.2) is 91.8 Å². The van der Waals surface area contributed by atoms with Crippen LogP contribution in [0.3, 0.4) is 0 Å². The number of nitrogens with two attached hydrogens (primary N) is 1. The highest BCUT2D eigenvalue weighted by molar-refractivity contribution is 5.85. The number of alkyl halides is 3. The zero-order valence-electron chi connectivity index (χ0n) is 22.5. The Bertz CT molecular complexity index is 1360. The number of likely N-dealkylation sites (tertiary alicyclic amines) is 2. The number of hydrogen-bond acceptors (Lipinski definition) is 9. The minimum absolute atomic E-state index is 0.0613. The minimum Gasteiger partial charge on any atom is -0.458 e. The molecule has 2 N–H and O–H groups in total. The fourth-order valence-corrected chi connectivity index (χ4v) is 6.48. The lowest BCUT2D eigenvalue weighted by Gasteiger charge is -2.41. The van der Waals surface area contributed by atoms with Crippen LogP contribution in [0, 0.1) is 18.8 Å². The van der Waals surface area contributed by atoms with Crippen molar-refractivity contribution in [1.82, 2.24) is 34.4 Å². The third kappa shape index (κ3) is 5.45. The van der Waals surface area contributed by atoms with E-state index in [1.54, 1.807) is 6.07 Å². The quantitative estimate of drug-likeness (QED) is 0.501. The number of anilines is 2. The maximum Gasteiger partial charge on any atom is 0.401 e. The molecule has 11 nitrogen and oxygen atoms in total. The van der Waals surface area contributed by atoms with Crippen LogP contribution in [0.15, 0.2) is 16.5 Å². The van der Waals surface area contributed by atoms with Gasteiger partial charge >= 0.3 is 6.18 Å². The van der Waals surface area contributed by atoms with Crippen molar-refractivity contribution in [2.75, 3.05) is 49.9 Å². The Kier molecular flexibility index (Phi) is 7.05. The molecule has 3 aliphatic heterocycles. The lowest BCUT2D eigenvalue weighted by molar-refractivity contribution is -0.149. The monoisotopic (exact) mass is 561 g/mol. The molecular formula is C26H34F3N9O2. The summed E-state index contributed by atoms with van der Waals surface area (Å²) in [6.45, 7) is 3.95. The summed E-state index contributed by atoms with van der Waals surface area (Å²) >= 11 is 0. The second-order valence-electron chi connectivity index (χ2n) is 11.2. The first kappa shape index (κ1) is 26.8. The summed E-state index contributed by atoms with van der Waals surface area (Å²) in [4.78, 5) is 32.5. The first-order valence-corrected chi connectivity index (χ1v) is 14.0. The number of carbonyl (C=O) groups excluding carboxylic acids is 1. The highest BCUT2D eigenvalue weighted by Crippen LogP contribution is 2.34. The van der Waals surface area contributed by atoms with E-state index in [0.29, 0.717) is 68.5 Å². The zero-order valence-corrected chi connectivity index (χ0v) is 22.5. The van der Waals surface area contributed by atoms with Crippen LogP contribution in [0.4, 0.5) is 25.1 Å². The Morgan fingerprint density at radius 3 is 2.35 bits per heavy atom. The van der Waals surface area contributed by atoms with Gasteiger partial charge < -0.3 is 20.0 Å². The van der Waals surface area contributed by atoms with E-state index in [0.717, 1.165) is 37.9 Å². The van der Waals surface area contributed by atoms with Gasteiger partial charge in [-0.2, -0.15) is 32.6 Å². The van der Waals surface area contributed by atoms with E-state index in [-0.39, 0.29) is 23.7 Å². The van der Waals surface area contributed by atoms with E-state index >= 15 is 0 Å². The third-order valence-corrected chi connectivity index (χ3v) is 8.53. The van der Waals surface area contributed by atoms with E-state index in [9.17, 15) is 18.0 Å². The number of piperidine rings is 2. The molecule has 6 rings (SSSR count). The van der Waals surface area contributed by atoms with Crippen LogP contribution >= 0.6 is 0 Å². The number of fused-ring (bicyclic) bond motifs is 1. The standard InChI is InChI=1S/C26H34F3N9O2/c1-16-4-5-20(40-16)21-31-25-33-24(32-23(30)38(25)34-21)37-10-2-3-19(37)22(39)36-13-8-18(9-14-36)17-6-11-35(12-7-17)15-26(27,28)29/h4-5,17-19H,2-3,6-15H2,1H3,(H2,30,31,32,33,34)/t19-/m0/s1. The maximum atomic E-state index is 13.6. The molecule has 0 aromatic carbocycles. The van der Waals surface area contributed by atoms with E-state index in [1.165, 1.54) is 9.42 Å². The second kappa shape index (κ2) is 10.5. The highest BCUT2D eigenvalue weighted by Gasteiger charge is 2.39. The lowest BCUT2D eigenvalue weighted by Crippen LogP contribution is -2.50. The highest BCUT2D eigenvalue weighted by atomic mass is 19.4. The molecule has 0 radical (unpaired) electrons. The van der Waals surface area contributed by atoms with Crippen molar-refractivity contribution in [3.05, 3.63) is 17.9 Å². The van der Waals surface area contributed by atoms with Crippen molar-refractivity contribution >= 4 is 23.6 Å². The number of furan rings is 1. The van der Waals surface area contributed by atoms with Gasteiger partial charge in [-0.05, 0) is 82.5 Å². The van der Waals surface area contributed by atoms with Crippen LogP contribution in [0.1, 0.15) is 44.3 Å². The SMILES string of the molecule is Cc1ccc(-c2nc3nc(N4CCC[C@H]4C(=O)N4CCC(C5CCN(CC(F)(F)F)CC5)CC4)nc(N)n3n2)o1. The summed E-state index contributed by atoms with van der Waals surface area (Å²) in [6, 6.07) is 3.23. The number of aromatic nitrogens is 5. The van der Waals surface area contributed by atoms with E-state index in [2.05, 4.69) is 20.1 Å². The Morgan fingerprint density at radius 1 is 1.00 bits per heavy atom. The summed E-state index contributed by atoms with van der Waals surface area (Å²) in [7, 11) is 0. The van der Waals surface area contributed by atoms with Gasteiger partial charge in [-0.1, -0.05) is 0 Å². The Hall–Kier alpha value is -3.42. The second-order valence-corrected chi connectivity index (χ2v) is 11.2. The van der Waals surface area contributed by atoms with Crippen LogP contribution in [0.5, 0.6) is 0 Å². The van der Waals surface area contributed by atoms with Crippen molar-refractivity contribution in [2.45, 2.75) is 57.7 Å². The predicted octanol–water partition coefficient (Wildman–Crippen LogP) is 3.15. The Balaban J connectivity index is 1.09. The summed E-state index contributed by atoms with van der Waals surface area (Å²) in [5.74, 6) is 3.30. The van der Waals surface area contributed by atoms with Crippen molar-refractivity contribution in [3.8, 4) is 11.6 Å². The van der Waals surface area contributed by atoms with Gasteiger partial charge in [0.25, 0.3) is 5.78 Å². The van der Waals surface area contributed by atoms with Crippen molar-refractivity contribution in [3.63, 3.8) is 0 Å². The molecule has 1 amide bonds. The van der Waals surface area contributed by atoms with Gasteiger partial charge in [0, 0.05) is 19.6 Å². The van der Waals surface area contributed by atoms with Gasteiger partial charge in [0.1, 0.15) is 11.8 Å². The number of halogens is 3. The number of amides is 1. The molecule has 3 aliphatic rings. The van der Waals surface area contributed by atoms with Crippen LogP contribution in [0.2, 0.25) is 0 Å². The Labute approximate surface area is 229 Å². The molecule has 0 unspecified atom stereocenters. The fourth-order valence-electron chi connectivity index (χ4n) is 6.48. The predicted molar refractivity (Wildman–Crippen MR) is 140 cm³/mol. The molecular weight excluding hydrogens is 527 g/mol. The molecule has 216 valence electrons. The Morgan fingerprint density at radius 2 is 1.70 bits per heavy atom. The number of nitrogens with zero attached hydrogens (tertiary/aromatic N) is 8. The first-order valence-electron chi connectivity index (χ1n) is 14.0. The van der Waals surface area contributed by atoms with Crippen LogP contribution in [0.25, 0.3) is 17.4 Å². The van der Waals surface area contributed by atoms with Crippen LogP contribution < -0.4 is 10.6 Å². The first-order chi connectivity index (χ1) is 19.1. The summed E-state index contributed by atoms with van der Waals surface area (Å²) < 4.78 is 45.2. The molecule has 40 heavy (non-hydrogen) atoms. The molecule has 6 heterocycles. The maximum absolute atomic E-state index is 13.6. The van der Waals surface area contributed by atoms with Crippen molar-refractivity contribution in [2.24, 2.45) is 11.8 Å². The molecule has 0 bridgehead atoms. The van der Waals surface area contributed by atoms with Gasteiger partial charge in [0.15, 0.2) is 5.76 Å².